The van der Waals surface area contributed by atoms with Crippen LogP contribution in [0.4, 0.5) is 5.69 Å². The maximum absolute atomic E-state index is 11.7. The maximum atomic E-state index is 11.7. The Labute approximate surface area is 85.9 Å². The molecule has 2 N–H and O–H groups in total. The minimum atomic E-state index is -1.04. The molecular weight excluding hydrogens is 200 g/mol. The first-order valence-electron chi connectivity index (χ1n) is 4.32. The molecule has 0 aliphatic heterocycles. The van der Waals surface area contributed by atoms with Crippen molar-refractivity contribution in [3.8, 4) is 0 Å². The zero-order valence-electron chi connectivity index (χ0n) is 8.10. The Hall–Kier alpha value is -0.940. The van der Waals surface area contributed by atoms with E-state index < -0.39 is 10.8 Å². The van der Waals surface area contributed by atoms with Crippen LogP contribution in [0.5, 0.6) is 0 Å². The van der Waals surface area contributed by atoms with E-state index in [1.54, 1.807) is 19.4 Å². The van der Waals surface area contributed by atoms with Crippen LogP contribution >= 0.6 is 0 Å². The summed E-state index contributed by atoms with van der Waals surface area (Å²) in [6.45, 7) is 0.622. The molecule has 1 aromatic heterocycles. The summed E-state index contributed by atoms with van der Waals surface area (Å²) in [6.07, 6.45) is 3.88. The number of ether oxygens (including phenoxy) is 1. The van der Waals surface area contributed by atoms with Crippen LogP contribution in [0.2, 0.25) is 0 Å². The van der Waals surface area contributed by atoms with E-state index in [1.807, 2.05) is 0 Å². The molecule has 4 nitrogen and oxygen atoms in total. The van der Waals surface area contributed by atoms with Gasteiger partial charge in [0.1, 0.15) is 0 Å². The molecule has 1 unspecified atom stereocenters. The van der Waals surface area contributed by atoms with Gasteiger partial charge in [-0.2, -0.15) is 0 Å². The molecule has 0 saturated carbocycles. The number of nitrogens with zero attached hydrogens (tertiary/aromatic N) is 1. The Kier molecular flexibility index (Phi) is 4.55. The molecule has 1 heterocycles. The second-order valence-electron chi connectivity index (χ2n) is 2.81. The van der Waals surface area contributed by atoms with Gasteiger partial charge in [0.2, 0.25) is 0 Å². The van der Waals surface area contributed by atoms with E-state index in [4.69, 9.17) is 10.5 Å². The summed E-state index contributed by atoms with van der Waals surface area (Å²) in [5, 5.41) is 0. The topological polar surface area (TPSA) is 65.2 Å². The summed E-state index contributed by atoms with van der Waals surface area (Å²) in [7, 11) is 0.587. The summed E-state index contributed by atoms with van der Waals surface area (Å²) >= 11 is 0. The van der Waals surface area contributed by atoms with E-state index in [0.29, 0.717) is 22.9 Å². The quantitative estimate of drug-likeness (QED) is 0.737. The molecule has 0 bridgehead atoms. The van der Waals surface area contributed by atoms with E-state index in [-0.39, 0.29) is 0 Å². The number of hydrogen-bond acceptors (Lipinski definition) is 4. The van der Waals surface area contributed by atoms with E-state index in [9.17, 15) is 4.21 Å². The largest absolute Gasteiger partial charge is 0.396 e. The zero-order valence-corrected chi connectivity index (χ0v) is 8.92. The number of rotatable bonds is 5. The van der Waals surface area contributed by atoms with E-state index in [0.717, 1.165) is 6.42 Å². The normalized spacial score (nSPS) is 12.6. The highest BCUT2D eigenvalue weighted by molar-refractivity contribution is 7.85. The van der Waals surface area contributed by atoms with Crippen LogP contribution in [-0.2, 0) is 15.5 Å². The average molecular weight is 214 g/mol. The van der Waals surface area contributed by atoms with Crippen molar-refractivity contribution in [1.82, 2.24) is 4.98 Å². The van der Waals surface area contributed by atoms with Gasteiger partial charge in [0.25, 0.3) is 0 Å². The fourth-order valence-electron chi connectivity index (χ4n) is 1.05. The maximum Gasteiger partial charge on any atom is 0.0664 e. The lowest BCUT2D eigenvalue weighted by atomic mass is 10.4. The number of nitrogen functional groups attached to an aromatic ring is 1. The lowest BCUT2D eigenvalue weighted by Gasteiger charge is -2.04. The lowest BCUT2D eigenvalue weighted by molar-refractivity contribution is 0.200. The van der Waals surface area contributed by atoms with Gasteiger partial charge in [-0.05, 0) is 12.5 Å². The lowest BCUT2D eigenvalue weighted by Crippen LogP contribution is -2.04. The van der Waals surface area contributed by atoms with Gasteiger partial charge >= 0.3 is 0 Å². The van der Waals surface area contributed by atoms with Crippen molar-refractivity contribution in [3.63, 3.8) is 0 Å². The van der Waals surface area contributed by atoms with Crippen molar-refractivity contribution in [2.75, 3.05) is 25.2 Å². The Morgan fingerprint density at radius 1 is 1.64 bits per heavy atom. The molecule has 0 aliphatic carbocycles. The van der Waals surface area contributed by atoms with Gasteiger partial charge in [0.05, 0.1) is 27.6 Å². The summed E-state index contributed by atoms with van der Waals surface area (Å²) in [5.41, 5.74) is 6.13. The molecule has 5 heteroatoms. The number of anilines is 1. The fourth-order valence-corrected chi connectivity index (χ4v) is 2.17. The minimum absolute atomic E-state index is 0.489. The number of pyridine rings is 1. The summed E-state index contributed by atoms with van der Waals surface area (Å²) in [4.78, 5) is 4.50. The van der Waals surface area contributed by atoms with Crippen molar-refractivity contribution in [1.29, 1.82) is 0 Å². The van der Waals surface area contributed by atoms with E-state index >= 15 is 0 Å². The number of hydrogen-bond donors (Lipinski definition) is 1. The molecule has 0 amide bonds. The third-order valence-electron chi connectivity index (χ3n) is 1.73. The highest BCUT2D eigenvalue weighted by Gasteiger charge is 2.06. The minimum Gasteiger partial charge on any atom is -0.396 e. The van der Waals surface area contributed by atoms with Crippen LogP contribution in [0.25, 0.3) is 0 Å². The van der Waals surface area contributed by atoms with Gasteiger partial charge in [-0.15, -0.1) is 0 Å². The van der Waals surface area contributed by atoms with Gasteiger partial charge in [-0.1, -0.05) is 0 Å². The number of methoxy groups -OCH3 is 1. The van der Waals surface area contributed by atoms with Crippen LogP contribution in [0, 0.1) is 0 Å². The smallest absolute Gasteiger partial charge is 0.0664 e. The highest BCUT2D eigenvalue weighted by Crippen LogP contribution is 2.14. The van der Waals surface area contributed by atoms with Crippen LogP contribution in [0.15, 0.2) is 23.4 Å². The third kappa shape index (κ3) is 3.08. The third-order valence-corrected chi connectivity index (χ3v) is 3.26. The molecule has 1 atom stereocenters. The van der Waals surface area contributed by atoms with Gasteiger partial charge < -0.3 is 10.5 Å². The molecule has 0 radical (unpaired) electrons. The standard InChI is InChI=1S/C9H14N2O2S/c1-13-5-2-6-14(12)9-3-4-11-7-8(9)10/h3-4,7H,2,5-6,10H2,1H3. The van der Waals surface area contributed by atoms with Crippen molar-refractivity contribution >= 4 is 16.5 Å². The molecule has 14 heavy (non-hydrogen) atoms. The molecule has 0 aromatic carbocycles. The molecule has 0 fully saturated rings. The second kappa shape index (κ2) is 5.72. The molecule has 1 rings (SSSR count). The monoisotopic (exact) mass is 214 g/mol. The van der Waals surface area contributed by atoms with Crippen molar-refractivity contribution < 1.29 is 8.95 Å². The number of aromatic nitrogens is 1. The van der Waals surface area contributed by atoms with Crippen LogP contribution < -0.4 is 5.73 Å². The summed E-state index contributed by atoms with van der Waals surface area (Å²) in [6, 6.07) is 1.69. The molecule has 78 valence electrons. The molecular formula is C9H14N2O2S. The van der Waals surface area contributed by atoms with Crippen LogP contribution in [0.1, 0.15) is 6.42 Å². The summed E-state index contributed by atoms with van der Waals surface area (Å²) in [5.74, 6) is 0.571. The number of nitrogens with two attached hydrogens (primary N) is 1. The predicted molar refractivity (Wildman–Crippen MR) is 56.4 cm³/mol. The summed E-state index contributed by atoms with van der Waals surface area (Å²) < 4.78 is 16.6. The Morgan fingerprint density at radius 2 is 2.43 bits per heavy atom. The van der Waals surface area contributed by atoms with E-state index in [2.05, 4.69) is 4.98 Å². The van der Waals surface area contributed by atoms with Crippen LogP contribution in [-0.4, -0.2) is 28.7 Å². The first kappa shape index (κ1) is 11.1. The SMILES string of the molecule is COCCCS(=O)c1ccncc1N. The first-order valence-corrected chi connectivity index (χ1v) is 5.64. The molecule has 0 spiro atoms. The Balaban J connectivity index is 2.56. The average Bonchev–Trinajstić information content (AvgIpc) is 2.18. The van der Waals surface area contributed by atoms with Crippen LogP contribution in [0.3, 0.4) is 0 Å². The van der Waals surface area contributed by atoms with Gasteiger partial charge in [0.15, 0.2) is 0 Å². The van der Waals surface area contributed by atoms with Crippen molar-refractivity contribution in [2.45, 2.75) is 11.3 Å². The zero-order chi connectivity index (χ0) is 10.4. The molecule has 0 saturated heterocycles. The Morgan fingerprint density at radius 3 is 3.07 bits per heavy atom. The molecule has 0 aliphatic rings. The highest BCUT2D eigenvalue weighted by atomic mass is 32.2. The molecule has 1 aromatic rings. The van der Waals surface area contributed by atoms with Gasteiger partial charge in [0, 0.05) is 25.7 Å². The fraction of sp³-hybridized carbons (Fsp3) is 0.444. The van der Waals surface area contributed by atoms with Gasteiger partial charge in [-0.3, -0.25) is 9.19 Å². The first-order chi connectivity index (χ1) is 6.75. The van der Waals surface area contributed by atoms with Crippen molar-refractivity contribution in [2.24, 2.45) is 0 Å². The Bertz CT molecular complexity index is 317. The van der Waals surface area contributed by atoms with E-state index in [1.165, 1.54) is 6.20 Å². The predicted octanol–water partition coefficient (Wildman–Crippen LogP) is 0.808. The van der Waals surface area contributed by atoms with Crippen molar-refractivity contribution in [3.05, 3.63) is 18.5 Å². The van der Waals surface area contributed by atoms with Gasteiger partial charge in [-0.25, -0.2) is 0 Å². The second-order valence-corrected chi connectivity index (χ2v) is 4.35.